The molecule has 0 radical (unpaired) electrons. The van der Waals surface area contributed by atoms with Gasteiger partial charge in [-0.1, -0.05) is 12.5 Å². The van der Waals surface area contributed by atoms with Crippen LogP contribution in [-0.4, -0.2) is 66.7 Å². The minimum Gasteiger partial charge on any atom is -0.409 e. The molecule has 2 aliphatic heterocycles. The molecule has 6 nitrogen and oxygen atoms in total. The number of aromatic amines is 1. The van der Waals surface area contributed by atoms with Crippen molar-refractivity contribution in [1.82, 2.24) is 20.1 Å². The van der Waals surface area contributed by atoms with E-state index in [4.69, 9.17) is 4.74 Å². The lowest BCUT2D eigenvalue weighted by atomic mass is 10.0. The Morgan fingerprint density at radius 1 is 1.18 bits per heavy atom. The van der Waals surface area contributed by atoms with Gasteiger partial charge in [0.05, 0.1) is 0 Å². The predicted octanol–water partition coefficient (Wildman–Crippen LogP) is 3.38. The van der Waals surface area contributed by atoms with Crippen LogP contribution in [0, 0.1) is 0 Å². The smallest absolute Gasteiger partial charge is 0.409 e. The highest BCUT2D eigenvalue weighted by molar-refractivity contribution is 5.91. The van der Waals surface area contributed by atoms with Gasteiger partial charge in [0, 0.05) is 36.2 Å². The predicted molar refractivity (Wildman–Crippen MR) is 112 cm³/mol. The van der Waals surface area contributed by atoms with Gasteiger partial charge in [-0.15, -0.1) is 0 Å². The second-order valence-corrected chi connectivity index (χ2v) is 8.03. The number of nitrogens with zero attached hydrogens (tertiary/aromatic N) is 2. The van der Waals surface area contributed by atoms with E-state index in [-0.39, 0.29) is 6.09 Å². The van der Waals surface area contributed by atoms with Crippen molar-refractivity contribution in [3.8, 4) is 5.75 Å². The molecule has 6 heteroatoms. The van der Waals surface area contributed by atoms with Gasteiger partial charge in [0.1, 0.15) is 5.75 Å². The van der Waals surface area contributed by atoms with Gasteiger partial charge in [0.2, 0.25) is 0 Å². The lowest BCUT2D eigenvalue weighted by Crippen LogP contribution is -2.48. The Morgan fingerprint density at radius 2 is 1.96 bits per heavy atom. The molecule has 2 saturated heterocycles. The summed E-state index contributed by atoms with van der Waals surface area (Å²) in [6.07, 6.45) is 8.80. The zero-order chi connectivity index (χ0) is 19.3. The third kappa shape index (κ3) is 4.18. The molecule has 28 heavy (non-hydrogen) atoms. The fraction of sp³-hybridized carbons (Fsp3) is 0.591. The van der Waals surface area contributed by atoms with Crippen LogP contribution in [0.15, 0.2) is 24.4 Å². The van der Waals surface area contributed by atoms with Crippen molar-refractivity contribution in [1.29, 1.82) is 0 Å². The summed E-state index contributed by atoms with van der Waals surface area (Å²) < 4.78 is 5.86. The number of amides is 1. The van der Waals surface area contributed by atoms with Crippen LogP contribution in [0.4, 0.5) is 4.79 Å². The molecule has 4 rings (SSSR count). The van der Waals surface area contributed by atoms with Crippen molar-refractivity contribution < 1.29 is 9.53 Å². The molecule has 0 spiro atoms. The molecule has 3 heterocycles. The summed E-state index contributed by atoms with van der Waals surface area (Å²) in [7, 11) is 1.95. The number of benzene rings is 1. The van der Waals surface area contributed by atoms with Gasteiger partial charge in [0.25, 0.3) is 0 Å². The third-order valence-corrected chi connectivity index (χ3v) is 6.22. The number of ether oxygens (including phenoxy) is 1. The average molecular weight is 385 g/mol. The zero-order valence-corrected chi connectivity index (χ0v) is 16.9. The number of fused-ring (bicyclic) bond motifs is 1. The molecule has 2 fully saturated rings. The topological polar surface area (TPSA) is 60.6 Å². The van der Waals surface area contributed by atoms with E-state index in [0.717, 1.165) is 49.8 Å². The molecule has 2 N–H and O–H groups in total. The minimum absolute atomic E-state index is 0.217. The summed E-state index contributed by atoms with van der Waals surface area (Å²) >= 11 is 0. The highest BCUT2D eigenvalue weighted by Gasteiger charge is 2.28. The average Bonchev–Trinajstić information content (AvgIpc) is 3.17. The molecule has 0 bridgehead atoms. The van der Waals surface area contributed by atoms with Crippen molar-refractivity contribution >= 4 is 17.0 Å². The Balaban J connectivity index is 1.39. The maximum atomic E-state index is 12.8. The van der Waals surface area contributed by atoms with Gasteiger partial charge in [-0.3, -0.25) is 0 Å². The van der Waals surface area contributed by atoms with Crippen LogP contribution < -0.4 is 10.1 Å². The van der Waals surface area contributed by atoms with Crippen LogP contribution in [0.25, 0.3) is 10.9 Å². The summed E-state index contributed by atoms with van der Waals surface area (Å²) in [6, 6.07) is 6.49. The monoisotopic (exact) mass is 384 g/mol. The highest BCUT2D eigenvalue weighted by atomic mass is 16.6. The molecule has 0 saturated carbocycles. The van der Waals surface area contributed by atoms with Crippen LogP contribution in [-0.2, 0) is 6.42 Å². The summed E-state index contributed by atoms with van der Waals surface area (Å²) in [6.45, 7) is 4.91. The minimum atomic E-state index is -0.217. The number of likely N-dealkylation sites (N-methyl/N-ethyl adjacent to an activating group) is 1. The van der Waals surface area contributed by atoms with E-state index in [1.165, 1.54) is 37.9 Å². The molecule has 2 aromatic rings. The SMILES string of the molecule is CNCCc1c[nH]c2cccc(OC(=O)N3CCC(N4CCCCC4)CC3)c12. The Labute approximate surface area is 167 Å². The van der Waals surface area contributed by atoms with Gasteiger partial charge in [-0.05, 0) is 76.5 Å². The van der Waals surface area contributed by atoms with E-state index in [2.05, 4.69) is 15.2 Å². The van der Waals surface area contributed by atoms with Crippen molar-refractivity contribution in [2.75, 3.05) is 39.8 Å². The van der Waals surface area contributed by atoms with E-state index < -0.39 is 0 Å². The van der Waals surface area contributed by atoms with Crippen LogP contribution in [0.3, 0.4) is 0 Å². The van der Waals surface area contributed by atoms with Crippen molar-refractivity contribution in [3.63, 3.8) is 0 Å². The molecular formula is C22H32N4O2. The van der Waals surface area contributed by atoms with Crippen LogP contribution in [0.5, 0.6) is 5.75 Å². The lowest BCUT2D eigenvalue weighted by molar-refractivity contribution is 0.0880. The van der Waals surface area contributed by atoms with E-state index in [1.54, 1.807) is 0 Å². The first-order valence-corrected chi connectivity index (χ1v) is 10.7. The molecule has 1 amide bonds. The van der Waals surface area contributed by atoms with Crippen molar-refractivity contribution in [2.45, 2.75) is 44.6 Å². The summed E-state index contributed by atoms with van der Waals surface area (Å²) in [5.74, 6) is 0.660. The quantitative estimate of drug-likeness (QED) is 0.830. The number of hydrogen-bond acceptors (Lipinski definition) is 4. The van der Waals surface area contributed by atoms with Crippen molar-refractivity contribution in [2.24, 2.45) is 0 Å². The van der Waals surface area contributed by atoms with Crippen LogP contribution in [0.1, 0.15) is 37.7 Å². The number of hydrogen-bond donors (Lipinski definition) is 2. The maximum Gasteiger partial charge on any atom is 0.415 e. The van der Waals surface area contributed by atoms with E-state index in [0.29, 0.717) is 11.8 Å². The van der Waals surface area contributed by atoms with Gasteiger partial charge in [-0.25, -0.2) is 4.79 Å². The Hall–Kier alpha value is -2.05. The van der Waals surface area contributed by atoms with E-state index >= 15 is 0 Å². The number of carbonyl (C=O) groups is 1. The first kappa shape index (κ1) is 19.3. The van der Waals surface area contributed by atoms with Gasteiger partial charge in [0.15, 0.2) is 0 Å². The number of likely N-dealkylation sites (tertiary alicyclic amines) is 2. The summed E-state index contributed by atoms with van der Waals surface area (Å²) in [5.41, 5.74) is 2.19. The number of carbonyl (C=O) groups excluding carboxylic acids is 1. The third-order valence-electron chi connectivity index (χ3n) is 6.22. The first-order chi connectivity index (χ1) is 13.8. The number of nitrogens with one attached hydrogen (secondary N) is 2. The van der Waals surface area contributed by atoms with Gasteiger partial charge >= 0.3 is 6.09 Å². The number of aromatic nitrogens is 1. The largest absolute Gasteiger partial charge is 0.415 e. The fourth-order valence-corrected chi connectivity index (χ4v) is 4.62. The normalized spacial score (nSPS) is 19.2. The molecular weight excluding hydrogens is 352 g/mol. The second-order valence-electron chi connectivity index (χ2n) is 8.03. The van der Waals surface area contributed by atoms with Gasteiger partial charge in [-0.2, -0.15) is 0 Å². The molecule has 1 aromatic carbocycles. The molecule has 0 aliphatic carbocycles. The number of piperidine rings is 2. The van der Waals surface area contributed by atoms with E-state index in [1.807, 2.05) is 36.3 Å². The second kappa shape index (κ2) is 8.97. The standard InChI is InChI=1S/C22H32N4O2/c1-23-11-8-17-16-24-19-6-5-7-20(21(17)19)28-22(27)26-14-9-18(10-15-26)25-12-3-2-4-13-25/h5-7,16,18,23-24H,2-4,8-15H2,1H3. The number of H-pyrrole nitrogens is 1. The zero-order valence-electron chi connectivity index (χ0n) is 16.9. The molecule has 0 unspecified atom stereocenters. The summed E-state index contributed by atoms with van der Waals surface area (Å²) in [4.78, 5) is 20.6. The molecule has 0 atom stereocenters. The molecule has 1 aromatic heterocycles. The van der Waals surface area contributed by atoms with Crippen LogP contribution >= 0.6 is 0 Å². The first-order valence-electron chi connectivity index (χ1n) is 10.7. The molecule has 152 valence electrons. The Bertz CT molecular complexity index is 789. The van der Waals surface area contributed by atoms with Crippen LogP contribution in [0.2, 0.25) is 0 Å². The number of rotatable bonds is 5. The highest BCUT2D eigenvalue weighted by Crippen LogP contribution is 2.30. The van der Waals surface area contributed by atoms with E-state index in [9.17, 15) is 4.79 Å². The van der Waals surface area contributed by atoms with Crippen molar-refractivity contribution in [3.05, 3.63) is 30.0 Å². The fourth-order valence-electron chi connectivity index (χ4n) is 4.62. The Kier molecular flexibility index (Phi) is 6.17. The van der Waals surface area contributed by atoms with Gasteiger partial charge < -0.3 is 24.8 Å². The summed E-state index contributed by atoms with van der Waals surface area (Å²) in [5, 5.41) is 4.20. The maximum absolute atomic E-state index is 12.8. The lowest BCUT2D eigenvalue weighted by Gasteiger charge is -2.39. The Morgan fingerprint density at radius 3 is 2.71 bits per heavy atom. The molecule has 2 aliphatic rings.